The van der Waals surface area contributed by atoms with Crippen LogP contribution in [0.2, 0.25) is 0 Å². The van der Waals surface area contributed by atoms with Crippen LogP contribution in [0, 0.1) is 0 Å². The first-order chi connectivity index (χ1) is 10.8. The van der Waals surface area contributed by atoms with Crippen LogP contribution < -0.4 is 0 Å². The summed E-state index contributed by atoms with van der Waals surface area (Å²) in [6, 6.07) is 0. The summed E-state index contributed by atoms with van der Waals surface area (Å²) in [7, 11) is 0. The summed E-state index contributed by atoms with van der Waals surface area (Å²) in [5.74, 6) is -0.166. The maximum atomic E-state index is 10.6. The van der Waals surface area contributed by atoms with E-state index in [-0.39, 0.29) is 12.6 Å². The van der Waals surface area contributed by atoms with Crippen LogP contribution in [0.5, 0.6) is 0 Å². The van der Waals surface area contributed by atoms with Crippen LogP contribution >= 0.6 is 0 Å². The second kappa shape index (κ2) is 18.2. The molecular formula is C19H36O3. The molecule has 0 fully saturated rings. The zero-order valence-corrected chi connectivity index (χ0v) is 14.5. The molecule has 0 spiro atoms. The Hall–Kier alpha value is -0.830. The highest BCUT2D eigenvalue weighted by atomic mass is 16.5. The molecule has 0 aromatic carbocycles. The van der Waals surface area contributed by atoms with E-state index >= 15 is 0 Å². The Balaban J connectivity index is 3.01. The minimum absolute atomic E-state index is 0.166. The van der Waals surface area contributed by atoms with E-state index in [0.29, 0.717) is 6.61 Å². The van der Waals surface area contributed by atoms with Crippen LogP contribution in [0.4, 0.5) is 0 Å². The predicted octanol–water partition coefficient (Wildman–Crippen LogP) is 5.17. The van der Waals surface area contributed by atoms with Gasteiger partial charge in [0.15, 0.2) is 0 Å². The number of unbranched alkanes of at least 4 members (excludes halogenated alkanes) is 11. The van der Waals surface area contributed by atoms with E-state index < -0.39 is 0 Å². The van der Waals surface area contributed by atoms with Crippen molar-refractivity contribution >= 4 is 5.97 Å². The van der Waals surface area contributed by atoms with Gasteiger partial charge >= 0.3 is 5.97 Å². The van der Waals surface area contributed by atoms with Crippen molar-refractivity contribution in [1.82, 2.24) is 0 Å². The molecule has 0 radical (unpaired) electrons. The number of carbonyl (C=O) groups excluding carboxylic acids is 1. The van der Waals surface area contributed by atoms with Crippen LogP contribution in [-0.2, 0) is 9.53 Å². The third-order valence-corrected chi connectivity index (χ3v) is 3.78. The van der Waals surface area contributed by atoms with Gasteiger partial charge in [-0.15, -0.1) is 0 Å². The lowest BCUT2D eigenvalue weighted by Gasteiger charge is -2.03. The summed E-state index contributed by atoms with van der Waals surface area (Å²) in [5.41, 5.74) is 0. The summed E-state index contributed by atoms with van der Waals surface area (Å²) < 4.78 is 4.91. The van der Waals surface area contributed by atoms with Gasteiger partial charge in [-0.05, 0) is 25.7 Å². The largest absolute Gasteiger partial charge is 0.466 e. The molecule has 0 aromatic heterocycles. The van der Waals surface area contributed by atoms with Crippen molar-refractivity contribution in [3.05, 3.63) is 12.2 Å². The fourth-order valence-electron chi connectivity index (χ4n) is 2.48. The molecule has 0 heterocycles. The number of aliphatic hydroxyl groups excluding tert-OH is 1. The highest BCUT2D eigenvalue weighted by molar-refractivity contribution is 5.65. The number of hydrogen-bond donors (Lipinski definition) is 1. The van der Waals surface area contributed by atoms with E-state index in [1.165, 1.54) is 71.1 Å². The second-order valence-corrected chi connectivity index (χ2v) is 6.00. The van der Waals surface area contributed by atoms with Crippen LogP contribution in [-0.4, -0.2) is 24.3 Å². The van der Waals surface area contributed by atoms with Gasteiger partial charge in [-0.1, -0.05) is 69.9 Å². The molecule has 3 heteroatoms. The molecule has 22 heavy (non-hydrogen) atoms. The first-order valence-electron chi connectivity index (χ1n) is 9.16. The highest BCUT2D eigenvalue weighted by Crippen LogP contribution is 2.12. The molecule has 0 saturated carbocycles. The Kier molecular flexibility index (Phi) is 17.5. The molecule has 0 aliphatic carbocycles. The molecule has 0 aliphatic rings. The van der Waals surface area contributed by atoms with Gasteiger partial charge < -0.3 is 9.84 Å². The molecule has 0 rings (SSSR count). The number of hydrogen-bond acceptors (Lipinski definition) is 3. The Morgan fingerprint density at radius 1 is 0.773 bits per heavy atom. The summed E-state index contributed by atoms with van der Waals surface area (Å²) >= 11 is 0. The lowest BCUT2D eigenvalue weighted by Crippen LogP contribution is -2.00. The average Bonchev–Trinajstić information content (AvgIpc) is 2.50. The normalized spacial score (nSPS) is 11.2. The number of rotatable bonds is 16. The maximum Gasteiger partial charge on any atom is 0.302 e. The fourth-order valence-corrected chi connectivity index (χ4v) is 2.48. The van der Waals surface area contributed by atoms with E-state index in [0.717, 1.165) is 19.3 Å². The Labute approximate surface area is 137 Å². The van der Waals surface area contributed by atoms with Crippen LogP contribution in [0.15, 0.2) is 12.2 Å². The molecule has 0 atom stereocenters. The third-order valence-electron chi connectivity index (χ3n) is 3.78. The van der Waals surface area contributed by atoms with Crippen molar-refractivity contribution in [3.8, 4) is 0 Å². The first-order valence-corrected chi connectivity index (χ1v) is 9.16. The van der Waals surface area contributed by atoms with Crippen LogP contribution in [0.25, 0.3) is 0 Å². The molecule has 0 unspecified atom stereocenters. The molecule has 0 saturated heterocycles. The van der Waals surface area contributed by atoms with Gasteiger partial charge in [0.05, 0.1) is 6.61 Å². The number of esters is 1. The van der Waals surface area contributed by atoms with Crippen molar-refractivity contribution in [2.24, 2.45) is 0 Å². The molecule has 0 amide bonds. The van der Waals surface area contributed by atoms with E-state index in [1.807, 2.05) is 0 Å². The number of allylic oxidation sites excluding steroid dienone is 1. The summed E-state index contributed by atoms with van der Waals surface area (Å²) in [4.78, 5) is 10.6. The monoisotopic (exact) mass is 312 g/mol. The van der Waals surface area contributed by atoms with E-state index in [2.05, 4.69) is 12.2 Å². The smallest absolute Gasteiger partial charge is 0.302 e. The van der Waals surface area contributed by atoms with Gasteiger partial charge in [0.25, 0.3) is 0 Å². The predicted molar refractivity (Wildman–Crippen MR) is 92.9 cm³/mol. The topological polar surface area (TPSA) is 46.5 Å². The van der Waals surface area contributed by atoms with Crippen molar-refractivity contribution in [3.63, 3.8) is 0 Å². The fraction of sp³-hybridized carbons (Fsp3) is 0.842. The van der Waals surface area contributed by atoms with Gasteiger partial charge in [-0.2, -0.15) is 0 Å². The zero-order chi connectivity index (χ0) is 16.3. The van der Waals surface area contributed by atoms with Crippen molar-refractivity contribution in [2.75, 3.05) is 13.2 Å². The van der Waals surface area contributed by atoms with Crippen molar-refractivity contribution in [1.29, 1.82) is 0 Å². The van der Waals surface area contributed by atoms with Gasteiger partial charge in [-0.25, -0.2) is 0 Å². The van der Waals surface area contributed by atoms with Crippen LogP contribution in [0.3, 0.4) is 0 Å². The quantitative estimate of drug-likeness (QED) is 0.243. The standard InChI is InChI=1S/C19H36O3/c1-19(21)22-18-16-14-12-10-8-6-4-2-3-5-7-9-11-13-15-17-20/h11,13,20H,2-10,12,14-18H2,1H3/b13-11+. The summed E-state index contributed by atoms with van der Waals surface area (Å²) in [5, 5.41) is 8.63. The zero-order valence-electron chi connectivity index (χ0n) is 14.5. The average molecular weight is 312 g/mol. The number of ether oxygens (including phenoxy) is 1. The summed E-state index contributed by atoms with van der Waals surface area (Å²) in [6.45, 7) is 2.32. The molecule has 3 nitrogen and oxygen atoms in total. The molecule has 0 aromatic rings. The van der Waals surface area contributed by atoms with Crippen molar-refractivity contribution in [2.45, 2.75) is 90.4 Å². The van der Waals surface area contributed by atoms with Gasteiger partial charge in [0.1, 0.15) is 0 Å². The first kappa shape index (κ1) is 21.2. The molecular weight excluding hydrogens is 276 g/mol. The number of carbonyl (C=O) groups is 1. The molecule has 1 N–H and O–H groups in total. The summed E-state index contributed by atoms with van der Waals surface area (Å²) in [6.07, 6.45) is 20.4. The SMILES string of the molecule is CC(=O)OCCCCCCCCCCCCC/C=C/CCO. The van der Waals surface area contributed by atoms with Crippen molar-refractivity contribution < 1.29 is 14.6 Å². The van der Waals surface area contributed by atoms with E-state index in [4.69, 9.17) is 9.84 Å². The maximum absolute atomic E-state index is 10.6. The Morgan fingerprint density at radius 3 is 1.73 bits per heavy atom. The lowest BCUT2D eigenvalue weighted by atomic mass is 10.1. The van der Waals surface area contributed by atoms with Gasteiger partial charge in [0, 0.05) is 13.5 Å². The minimum Gasteiger partial charge on any atom is -0.466 e. The number of aliphatic hydroxyl groups is 1. The molecule has 130 valence electrons. The second-order valence-electron chi connectivity index (χ2n) is 6.00. The van der Waals surface area contributed by atoms with Crippen LogP contribution in [0.1, 0.15) is 90.4 Å². The highest BCUT2D eigenvalue weighted by Gasteiger charge is 1.95. The van der Waals surface area contributed by atoms with Gasteiger partial charge in [-0.3, -0.25) is 4.79 Å². The minimum atomic E-state index is -0.166. The lowest BCUT2D eigenvalue weighted by molar-refractivity contribution is -0.141. The van der Waals surface area contributed by atoms with E-state index in [9.17, 15) is 4.79 Å². The molecule has 0 aliphatic heterocycles. The van der Waals surface area contributed by atoms with E-state index in [1.54, 1.807) is 0 Å². The Morgan fingerprint density at radius 2 is 1.23 bits per heavy atom. The molecule has 0 bridgehead atoms. The Bertz CT molecular complexity index is 261. The third kappa shape index (κ3) is 19.2. The van der Waals surface area contributed by atoms with Gasteiger partial charge in [0.2, 0.25) is 0 Å².